The van der Waals surface area contributed by atoms with Crippen molar-refractivity contribution in [2.45, 2.75) is 19.1 Å². The van der Waals surface area contributed by atoms with Crippen molar-refractivity contribution >= 4 is 29.3 Å². The Morgan fingerprint density at radius 2 is 2.00 bits per heavy atom. The lowest BCUT2D eigenvalue weighted by molar-refractivity contribution is -0.125. The summed E-state index contributed by atoms with van der Waals surface area (Å²) in [6, 6.07) is 7.46. The molecule has 1 atom stereocenters. The number of rotatable bonds is 1. The highest BCUT2D eigenvalue weighted by molar-refractivity contribution is 8.01. The maximum Gasteiger partial charge on any atom is 0.246 e. The van der Waals surface area contributed by atoms with Gasteiger partial charge in [0.1, 0.15) is 0 Å². The molecule has 84 valence electrons. The van der Waals surface area contributed by atoms with Crippen LogP contribution in [0.5, 0.6) is 0 Å². The fourth-order valence-electron chi connectivity index (χ4n) is 1.70. The van der Waals surface area contributed by atoms with Gasteiger partial charge in [0.05, 0.1) is 16.7 Å². The minimum atomic E-state index is -0.141. The Hall–Kier alpha value is -1.29. The van der Waals surface area contributed by atoms with Crippen molar-refractivity contribution in [1.29, 1.82) is 0 Å². The molecule has 0 saturated carbocycles. The van der Waals surface area contributed by atoms with Gasteiger partial charge in [-0.2, -0.15) is 0 Å². The second-order valence-corrected chi connectivity index (χ2v) is 5.14. The summed E-state index contributed by atoms with van der Waals surface area (Å²) in [7, 11) is 0. The predicted octanol–water partition coefficient (Wildman–Crippen LogP) is 1.99. The van der Waals surface area contributed by atoms with Gasteiger partial charge in [-0.3, -0.25) is 9.59 Å². The van der Waals surface area contributed by atoms with Crippen LogP contribution in [-0.2, 0) is 9.59 Å². The van der Waals surface area contributed by atoms with Crippen LogP contribution >= 0.6 is 11.8 Å². The molecule has 16 heavy (non-hydrogen) atoms. The van der Waals surface area contributed by atoms with E-state index in [2.05, 4.69) is 0 Å². The second-order valence-electron chi connectivity index (χ2n) is 3.81. The summed E-state index contributed by atoms with van der Waals surface area (Å²) in [6.45, 7) is 3.74. The summed E-state index contributed by atoms with van der Waals surface area (Å²) < 4.78 is 0. The molecule has 0 unspecified atom stereocenters. The van der Waals surface area contributed by atoms with Gasteiger partial charge in [-0.1, -0.05) is 18.2 Å². The third kappa shape index (κ3) is 1.85. The lowest BCUT2D eigenvalue weighted by Crippen LogP contribution is -2.47. The van der Waals surface area contributed by atoms with Gasteiger partial charge in [0.2, 0.25) is 11.8 Å². The molecule has 1 aromatic carbocycles. The standard InChI is InChI=1S/C12H13NO2S/c1-8-5-3-4-6-10(8)13-11(14)7-16-9(2)12(13)15/h3-6,9H,7H2,1-2H3/t9-/m0/s1. The van der Waals surface area contributed by atoms with Gasteiger partial charge in [0.15, 0.2) is 0 Å². The number of amides is 2. The third-order valence-corrected chi connectivity index (χ3v) is 3.75. The fraction of sp³-hybridized carbons (Fsp3) is 0.333. The first-order valence-corrected chi connectivity index (χ1v) is 6.20. The van der Waals surface area contributed by atoms with E-state index in [0.717, 1.165) is 5.56 Å². The molecule has 0 N–H and O–H groups in total. The first kappa shape index (κ1) is 11.2. The number of hydrogen-bond acceptors (Lipinski definition) is 3. The zero-order chi connectivity index (χ0) is 11.7. The van der Waals surface area contributed by atoms with Gasteiger partial charge in [-0.15, -0.1) is 11.8 Å². The topological polar surface area (TPSA) is 37.4 Å². The lowest BCUT2D eigenvalue weighted by Gasteiger charge is -2.29. The SMILES string of the molecule is Cc1ccccc1N1C(=O)CS[C@@H](C)C1=O. The average molecular weight is 235 g/mol. The molecule has 0 bridgehead atoms. The fourth-order valence-corrected chi connectivity index (χ4v) is 2.47. The zero-order valence-electron chi connectivity index (χ0n) is 9.27. The van der Waals surface area contributed by atoms with Gasteiger partial charge in [0, 0.05) is 0 Å². The Morgan fingerprint density at radius 3 is 2.69 bits per heavy atom. The number of carbonyl (C=O) groups is 2. The van der Waals surface area contributed by atoms with Gasteiger partial charge in [-0.25, -0.2) is 4.90 Å². The maximum atomic E-state index is 12.0. The number of hydrogen-bond donors (Lipinski definition) is 0. The number of thioether (sulfide) groups is 1. The highest BCUT2D eigenvalue weighted by atomic mass is 32.2. The first-order valence-electron chi connectivity index (χ1n) is 5.15. The van der Waals surface area contributed by atoms with E-state index in [0.29, 0.717) is 11.4 Å². The van der Waals surface area contributed by atoms with E-state index >= 15 is 0 Å². The van der Waals surface area contributed by atoms with Crippen molar-refractivity contribution in [2.75, 3.05) is 10.7 Å². The summed E-state index contributed by atoms with van der Waals surface area (Å²) in [6.07, 6.45) is 0. The van der Waals surface area contributed by atoms with Crippen molar-refractivity contribution in [2.24, 2.45) is 0 Å². The van der Waals surface area contributed by atoms with Crippen LogP contribution in [0.3, 0.4) is 0 Å². The van der Waals surface area contributed by atoms with E-state index in [-0.39, 0.29) is 17.1 Å². The minimum absolute atomic E-state index is 0.115. The van der Waals surface area contributed by atoms with Crippen LogP contribution in [0, 0.1) is 6.92 Å². The molecule has 2 rings (SSSR count). The Balaban J connectivity index is 2.42. The molecule has 1 aromatic rings. The third-order valence-electron chi connectivity index (χ3n) is 2.63. The minimum Gasteiger partial charge on any atom is -0.273 e. The molecule has 1 aliphatic rings. The van der Waals surface area contributed by atoms with Crippen LogP contribution in [0.15, 0.2) is 24.3 Å². The summed E-state index contributed by atoms with van der Waals surface area (Å²) in [5, 5.41) is -0.141. The van der Waals surface area contributed by atoms with E-state index in [1.54, 1.807) is 0 Å². The van der Waals surface area contributed by atoms with E-state index in [4.69, 9.17) is 0 Å². The summed E-state index contributed by atoms with van der Waals surface area (Å²) in [4.78, 5) is 25.1. The molecule has 3 nitrogen and oxygen atoms in total. The molecule has 0 radical (unpaired) electrons. The molecule has 2 amide bonds. The molecule has 1 saturated heterocycles. The van der Waals surface area contributed by atoms with Gasteiger partial charge in [0.25, 0.3) is 0 Å². The molecule has 0 aromatic heterocycles. The zero-order valence-corrected chi connectivity index (χ0v) is 10.1. The summed E-state index contributed by atoms with van der Waals surface area (Å²) in [5.74, 6) is 0.138. The molecular formula is C12H13NO2S. The number of nitrogens with zero attached hydrogens (tertiary/aromatic N) is 1. The van der Waals surface area contributed by atoms with E-state index < -0.39 is 0 Å². The van der Waals surface area contributed by atoms with Gasteiger partial charge >= 0.3 is 0 Å². The van der Waals surface area contributed by atoms with Crippen molar-refractivity contribution in [3.05, 3.63) is 29.8 Å². The van der Waals surface area contributed by atoms with E-state index in [9.17, 15) is 9.59 Å². The number of anilines is 1. The lowest BCUT2D eigenvalue weighted by atomic mass is 10.1. The molecule has 0 spiro atoms. The number of para-hydroxylation sites is 1. The van der Waals surface area contributed by atoms with Gasteiger partial charge in [-0.05, 0) is 25.5 Å². The smallest absolute Gasteiger partial charge is 0.246 e. The van der Waals surface area contributed by atoms with Crippen LogP contribution in [0.25, 0.3) is 0 Å². The molecule has 1 aliphatic heterocycles. The van der Waals surface area contributed by atoms with Crippen LogP contribution in [0.1, 0.15) is 12.5 Å². The highest BCUT2D eigenvalue weighted by Gasteiger charge is 2.33. The molecule has 1 fully saturated rings. The van der Waals surface area contributed by atoms with Crippen LogP contribution in [-0.4, -0.2) is 22.8 Å². The quantitative estimate of drug-likeness (QED) is 0.699. The first-order chi connectivity index (χ1) is 7.61. The monoisotopic (exact) mass is 235 g/mol. The predicted molar refractivity (Wildman–Crippen MR) is 65.6 cm³/mol. The number of imide groups is 1. The summed E-state index contributed by atoms with van der Waals surface area (Å²) in [5.41, 5.74) is 1.66. The molecule has 1 heterocycles. The van der Waals surface area contributed by atoms with Crippen LogP contribution in [0.4, 0.5) is 5.69 Å². The average Bonchev–Trinajstić information content (AvgIpc) is 2.27. The second kappa shape index (κ2) is 4.29. The van der Waals surface area contributed by atoms with E-state index in [1.165, 1.54) is 16.7 Å². The highest BCUT2D eigenvalue weighted by Crippen LogP contribution is 2.27. The Bertz CT molecular complexity index is 444. The van der Waals surface area contributed by atoms with Crippen LogP contribution < -0.4 is 4.90 Å². The van der Waals surface area contributed by atoms with E-state index in [1.807, 2.05) is 38.1 Å². The summed E-state index contributed by atoms with van der Waals surface area (Å²) >= 11 is 1.40. The normalized spacial score (nSPS) is 21.4. The number of benzene rings is 1. The van der Waals surface area contributed by atoms with Gasteiger partial charge < -0.3 is 0 Å². The van der Waals surface area contributed by atoms with Crippen molar-refractivity contribution in [3.63, 3.8) is 0 Å². The number of aryl methyl sites for hydroxylation is 1. The molecule has 0 aliphatic carbocycles. The van der Waals surface area contributed by atoms with Crippen molar-refractivity contribution < 1.29 is 9.59 Å². The van der Waals surface area contributed by atoms with Crippen molar-refractivity contribution in [3.8, 4) is 0 Å². The van der Waals surface area contributed by atoms with Crippen molar-refractivity contribution in [1.82, 2.24) is 0 Å². The Morgan fingerprint density at radius 1 is 1.31 bits per heavy atom. The largest absolute Gasteiger partial charge is 0.273 e. The number of carbonyl (C=O) groups excluding carboxylic acids is 2. The molecule has 4 heteroatoms. The Labute approximate surface area is 98.8 Å². The Kier molecular flexibility index (Phi) is 3.01. The van der Waals surface area contributed by atoms with Crippen LogP contribution in [0.2, 0.25) is 0 Å². The molecular weight excluding hydrogens is 222 g/mol. The maximum absolute atomic E-state index is 12.0.